The van der Waals surface area contributed by atoms with Crippen molar-refractivity contribution >= 4 is 0 Å². The summed E-state index contributed by atoms with van der Waals surface area (Å²) in [5.41, 5.74) is 0.867. The van der Waals surface area contributed by atoms with Crippen molar-refractivity contribution in [1.29, 1.82) is 0 Å². The fourth-order valence-electron chi connectivity index (χ4n) is 2.03. The second-order valence-electron chi connectivity index (χ2n) is 4.36. The van der Waals surface area contributed by atoms with E-state index in [-0.39, 0.29) is 0 Å². The number of phenols is 1. The van der Waals surface area contributed by atoms with Crippen molar-refractivity contribution in [3.05, 3.63) is 29.8 Å². The molecule has 16 heavy (non-hydrogen) atoms. The zero-order valence-corrected chi connectivity index (χ0v) is 9.48. The van der Waals surface area contributed by atoms with Crippen molar-refractivity contribution < 1.29 is 9.84 Å². The standard InChI is InChI=1S/C13H19NO2/c15-13-6-2-1-5-12(13)10-16-9-11-4-3-7-14-8-11/h1-2,5-6,11,14-15H,3-4,7-10H2. The van der Waals surface area contributed by atoms with E-state index in [2.05, 4.69) is 5.32 Å². The van der Waals surface area contributed by atoms with Gasteiger partial charge in [-0.25, -0.2) is 0 Å². The maximum absolute atomic E-state index is 9.56. The lowest BCUT2D eigenvalue weighted by Gasteiger charge is -2.22. The Labute approximate surface area is 96.4 Å². The molecule has 0 radical (unpaired) electrons. The average molecular weight is 221 g/mol. The van der Waals surface area contributed by atoms with E-state index in [4.69, 9.17) is 4.74 Å². The van der Waals surface area contributed by atoms with Gasteiger partial charge in [0.1, 0.15) is 5.75 Å². The molecule has 1 atom stereocenters. The Hall–Kier alpha value is -1.06. The Morgan fingerprint density at radius 3 is 3.00 bits per heavy atom. The van der Waals surface area contributed by atoms with Crippen LogP contribution in [-0.2, 0) is 11.3 Å². The summed E-state index contributed by atoms with van der Waals surface area (Å²) in [6.45, 7) is 3.47. The molecule has 1 aliphatic rings. The van der Waals surface area contributed by atoms with Gasteiger partial charge in [-0.15, -0.1) is 0 Å². The Morgan fingerprint density at radius 1 is 1.38 bits per heavy atom. The number of aromatic hydroxyl groups is 1. The Bertz CT molecular complexity index is 321. The van der Waals surface area contributed by atoms with Crippen LogP contribution in [0.1, 0.15) is 18.4 Å². The minimum absolute atomic E-state index is 0.323. The molecule has 2 N–H and O–H groups in total. The summed E-state index contributed by atoms with van der Waals surface area (Å²) in [5.74, 6) is 0.948. The molecule has 0 aromatic heterocycles. The van der Waals surface area contributed by atoms with E-state index in [1.54, 1.807) is 6.07 Å². The quantitative estimate of drug-likeness (QED) is 0.816. The highest BCUT2D eigenvalue weighted by Gasteiger charge is 2.12. The highest BCUT2D eigenvalue weighted by molar-refractivity contribution is 5.30. The van der Waals surface area contributed by atoms with E-state index in [9.17, 15) is 5.11 Å². The van der Waals surface area contributed by atoms with E-state index in [1.807, 2.05) is 18.2 Å². The molecule has 88 valence electrons. The van der Waals surface area contributed by atoms with E-state index in [0.29, 0.717) is 18.3 Å². The number of hydrogen-bond acceptors (Lipinski definition) is 3. The fourth-order valence-corrected chi connectivity index (χ4v) is 2.03. The molecule has 1 unspecified atom stereocenters. The van der Waals surface area contributed by atoms with Gasteiger partial charge in [-0.05, 0) is 31.4 Å². The van der Waals surface area contributed by atoms with Gasteiger partial charge in [-0.2, -0.15) is 0 Å². The van der Waals surface area contributed by atoms with Crippen molar-refractivity contribution in [3.63, 3.8) is 0 Å². The minimum Gasteiger partial charge on any atom is -0.508 e. The van der Waals surface area contributed by atoms with Crippen LogP contribution < -0.4 is 5.32 Å². The lowest BCUT2D eigenvalue weighted by atomic mass is 10.0. The molecule has 1 aromatic rings. The van der Waals surface area contributed by atoms with Gasteiger partial charge in [0.15, 0.2) is 0 Å². The first-order valence-electron chi connectivity index (χ1n) is 5.91. The van der Waals surface area contributed by atoms with E-state index < -0.39 is 0 Å². The lowest BCUT2D eigenvalue weighted by molar-refractivity contribution is 0.0771. The summed E-state index contributed by atoms with van der Waals surface area (Å²) in [4.78, 5) is 0. The molecule has 2 rings (SSSR count). The van der Waals surface area contributed by atoms with Crippen LogP contribution in [0.5, 0.6) is 5.75 Å². The number of hydrogen-bond donors (Lipinski definition) is 2. The molecule has 1 aliphatic heterocycles. The van der Waals surface area contributed by atoms with Gasteiger partial charge >= 0.3 is 0 Å². The Morgan fingerprint density at radius 2 is 2.25 bits per heavy atom. The monoisotopic (exact) mass is 221 g/mol. The van der Waals surface area contributed by atoms with Crippen molar-refractivity contribution in [1.82, 2.24) is 5.32 Å². The summed E-state index contributed by atoms with van der Waals surface area (Å²) in [7, 11) is 0. The third-order valence-electron chi connectivity index (χ3n) is 3.00. The van der Waals surface area contributed by atoms with Crippen LogP contribution in [0.3, 0.4) is 0 Å². The molecule has 3 heteroatoms. The predicted octanol–water partition coefficient (Wildman–Crippen LogP) is 1.91. The van der Waals surface area contributed by atoms with Gasteiger partial charge in [-0.3, -0.25) is 0 Å². The topological polar surface area (TPSA) is 41.5 Å². The molecule has 1 heterocycles. The highest BCUT2D eigenvalue weighted by atomic mass is 16.5. The maximum Gasteiger partial charge on any atom is 0.121 e. The number of ether oxygens (including phenoxy) is 1. The third kappa shape index (κ3) is 3.22. The van der Waals surface area contributed by atoms with Crippen LogP contribution in [0, 0.1) is 5.92 Å². The SMILES string of the molecule is Oc1ccccc1COCC1CCCNC1. The van der Waals surface area contributed by atoms with Crippen LogP contribution in [0.4, 0.5) is 0 Å². The molecule has 0 saturated carbocycles. The molecule has 1 saturated heterocycles. The third-order valence-corrected chi connectivity index (χ3v) is 3.00. The fraction of sp³-hybridized carbons (Fsp3) is 0.538. The lowest BCUT2D eigenvalue weighted by Crippen LogP contribution is -2.32. The van der Waals surface area contributed by atoms with Crippen molar-refractivity contribution in [2.75, 3.05) is 19.7 Å². The summed E-state index contributed by atoms with van der Waals surface area (Å²) < 4.78 is 5.64. The number of nitrogens with one attached hydrogen (secondary N) is 1. The van der Waals surface area contributed by atoms with Gasteiger partial charge in [0.2, 0.25) is 0 Å². The molecule has 0 spiro atoms. The Kier molecular flexibility index (Phi) is 4.19. The summed E-state index contributed by atoms with van der Waals surface area (Å²) in [6, 6.07) is 7.33. The molecule has 0 amide bonds. The van der Waals surface area contributed by atoms with Crippen molar-refractivity contribution in [2.45, 2.75) is 19.4 Å². The maximum atomic E-state index is 9.56. The normalized spacial score (nSPS) is 20.9. The first-order chi connectivity index (χ1) is 7.86. The van der Waals surface area contributed by atoms with E-state index in [0.717, 1.165) is 25.3 Å². The van der Waals surface area contributed by atoms with Crippen molar-refractivity contribution in [2.24, 2.45) is 5.92 Å². The molecule has 3 nitrogen and oxygen atoms in total. The average Bonchev–Trinajstić information content (AvgIpc) is 2.33. The van der Waals surface area contributed by atoms with Crippen molar-refractivity contribution in [3.8, 4) is 5.75 Å². The van der Waals surface area contributed by atoms with Crippen LogP contribution >= 0.6 is 0 Å². The minimum atomic E-state index is 0.323. The highest BCUT2D eigenvalue weighted by Crippen LogP contribution is 2.17. The second kappa shape index (κ2) is 5.87. The summed E-state index contributed by atoms with van der Waals surface area (Å²) >= 11 is 0. The number of piperidine rings is 1. The zero-order chi connectivity index (χ0) is 11.2. The number of rotatable bonds is 4. The second-order valence-corrected chi connectivity index (χ2v) is 4.36. The number of para-hydroxylation sites is 1. The first-order valence-corrected chi connectivity index (χ1v) is 5.91. The van der Waals surface area contributed by atoms with Gasteiger partial charge in [0, 0.05) is 12.1 Å². The molecule has 0 bridgehead atoms. The largest absolute Gasteiger partial charge is 0.508 e. The Balaban J connectivity index is 1.73. The van der Waals surface area contributed by atoms with Crippen LogP contribution in [-0.4, -0.2) is 24.8 Å². The first kappa shape index (κ1) is 11.4. The molecule has 1 fully saturated rings. The van der Waals surface area contributed by atoms with Crippen LogP contribution in [0.2, 0.25) is 0 Å². The number of phenolic OH excluding ortho intramolecular Hbond substituents is 1. The van der Waals surface area contributed by atoms with Gasteiger partial charge < -0.3 is 15.2 Å². The molecular weight excluding hydrogens is 202 g/mol. The van der Waals surface area contributed by atoms with Crippen LogP contribution in [0.25, 0.3) is 0 Å². The smallest absolute Gasteiger partial charge is 0.121 e. The van der Waals surface area contributed by atoms with Gasteiger partial charge in [0.05, 0.1) is 13.2 Å². The molecule has 0 aliphatic carbocycles. The molecule has 1 aromatic carbocycles. The van der Waals surface area contributed by atoms with Gasteiger partial charge in [-0.1, -0.05) is 18.2 Å². The van der Waals surface area contributed by atoms with E-state index in [1.165, 1.54) is 12.8 Å². The summed E-state index contributed by atoms with van der Waals surface area (Å²) in [5, 5.41) is 12.9. The van der Waals surface area contributed by atoms with E-state index >= 15 is 0 Å². The molecular formula is C13H19NO2. The van der Waals surface area contributed by atoms with Gasteiger partial charge in [0.25, 0.3) is 0 Å². The summed E-state index contributed by atoms with van der Waals surface area (Å²) in [6.07, 6.45) is 2.48. The van der Waals surface area contributed by atoms with Crippen LogP contribution in [0.15, 0.2) is 24.3 Å². The number of benzene rings is 1. The predicted molar refractivity (Wildman–Crippen MR) is 63.4 cm³/mol. The zero-order valence-electron chi connectivity index (χ0n) is 9.48.